The zero-order valence-electron chi connectivity index (χ0n) is 17.7. The Balaban J connectivity index is 1.45. The number of nitro benzene ring substituents is 1. The van der Waals surface area contributed by atoms with Crippen LogP contribution in [0.1, 0.15) is 16.2 Å². The predicted octanol–water partition coefficient (Wildman–Crippen LogP) is 6.75. The van der Waals surface area contributed by atoms with Gasteiger partial charge >= 0.3 is 0 Å². The summed E-state index contributed by atoms with van der Waals surface area (Å²) >= 11 is 13.5. The Bertz CT molecular complexity index is 1490. The highest BCUT2D eigenvalue weighted by molar-refractivity contribution is 7.15. The van der Waals surface area contributed by atoms with E-state index in [1.54, 1.807) is 48.7 Å². The Kier molecular flexibility index (Phi) is 7.27. The van der Waals surface area contributed by atoms with E-state index in [9.17, 15) is 20.2 Å². The molecule has 0 spiro atoms. The number of amides is 1. The fourth-order valence-corrected chi connectivity index (χ4v) is 4.31. The fourth-order valence-electron chi connectivity index (χ4n) is 3.10. The number of benzene rings is 2. The van der Waals surface area contributed by atoms with Gasteiger partial charge < -0.3 is 4.42 Å². The Morgan fingerprint density at radius 1 is 1.20 bits per heavy atom. The van der Waals surface area contributed by atoms with Gasteiger partial charge in [0, 0.05) is 51.3 Å². The third-order valence-electron chi connectivity index (χ3n) is 4.79. The van der Waals surface area contributed by atoms with Crippen molar-refractivity contribution in [3.05, 3.63) is 103 Å². The van der Waals surface area contributed by atoms with Gasteiger partial charge in [0.1, 0.15) is 23.2 Å². The number of nitro groups is 1. The molecule has 0 fully saturated rings. The Morgan fingerprint density at radius 2 is 1.97 bits per heavy atom. The number of anilines is 1. The molecule has 0 atom stereocenters. The summed E-state index contributed by atoms with van der Waals surface area (Å²) in [6.45, 7) is 0. The third kappa shape index (κ3) is 5.94. The summed E-state index contributed by atoms with van der Waals surface area (Å²) in [6, 6.07) is 16.1. The van der Waals surface area contributed by atoms with E-state index in [2.05, 4.69) is 10.3 Å². The van der Waals surface area contributed by atoms with Crippen LogP contribution >= 0.6 is 34.5 Å². The molecular formula is C24H14Cl2N4O4S. The molecule has 4 rings (SSSR count). The van der Waals surface area contributed by atoms with E-state index in [-0.39, 0.29) is 17.0 Å². The summed E-state index contributed by atoms with van der Waals surface area (Å²) < 4.78 is 5.68. The summed E-state index contributed by atoms with van der Waals surface area (Å²) in [5.41, 5.74) is 1.24. The molecule has 0 aliphatic carbocycles. The van der Waals surface area contributed by atoms with Crippen molar-refractivity contribution in [2.75, 3.05) is 5.32 Å². The molecule has 0 radical (unpaired) electrons. The first-order chi connectivity index (χ1) is 16.8. The molecule has 0 aliphatic heterocycles. The lowest BCUT2D eigenvalue weighted by Crippen LogP contribution is -2.13. The van der Waals surface area contributed by atoms with Gasteiger partial charge in [-0.05, 0) is 48.0 Å². The summed E-state index contributed by atoms with van der Waals surface area (Å²) in [5.74, 6) is 0.0797. The first-order valence-electron chi connectivity index (χ1n) is 9.99. The van der Waals surface area contributed by atoms with Crippen LogP contribution in [0.5, 0.6) is 0 Å². The van der Waals surface area contributed by atoms with Crippen LogP contribution in [0.4, 0.5) is 10.8 Å². The number of carbonyl (C=O) groups is 1. The molecule has 2 heterocycles. The molecule has 2 aromatic heterocycles. The van der Waals surface area contributed by atoms with Crippen LogP contribution in [0.15, 0.2) is 70.8 Å². The molecule has 0 saturated carbocycles. The molecule has 35 heavy (non-hydrogen) atoms. The molecule has 1 amide bonds. The normalized spacial score (nSPS) is 11.2. The molecule has 0 aliphatic rings. The minimum absolute atomic E-state index is 0.0372. The van der Waals surface area contributed by atoms with Gasteiger partial charge in [-0.2, -0.15) is 5.26 Å². The SMILES string of the molecule is N#C/C(=C/c1ccc(-c2ccc([N+](=O)[O-])cc2)o1)C(=O)Nc1ncc(Cc2cc(Cl)ccc2Cl)s1. The Hall–Kier alpha value is -3.97. The molecule has 11 heteroatoms. The number of nitrogens with zero attached hydrogens (tertiary/aromatic N) is 3. The molecule has 0 bridgehead atoms. The lowest BCUT2D eigenvalue weighted by atomic mass is 10.1. The van der Waals surface area contributed by atoms with Gasteiger partial charge in [0.25, 0.3) is 11.6 Å². The molecule has 2 aromatic carbocycles. The van der Waals surface area contributed by atoms with Crippen LogP contribution in [-0.4, -0.2) is 15.8 Å². The first kappa shape index (κ1) is 24.2. The average Bonchev–Trinajstić information content (AvgIpc) is 3.49. The van der Waals surface area contributed by atoms with Crippen LogP contribution in [0.3, 0.4) is 0 Å². The predicted molar refractivity (Wildman–Crippen MR) is 134 cm³/mol. The van der Waals surface area contributed by atoms with Crippen molar-refractivity contribution in [2.45, 2.75) is 6.42 Å². The number of thiazole rings is 1. The molecule has 174 valence electrons. The number of rotatable bonds is 7. The van der Waals surface area contributed by atoms with Crippen molar-refractivity contribution in [3.63, 3.8) is 0 Å². The van der Waals surface area contributed by atoms with Crippen LogP contribution in [0, 0.1) is 21.4 Å². The lowest BCUT2D eigenvalue weighted by molar-refractivity contribution is -0.384. The standard InChI is InChI=1S/C24H14Cl2N4O4S/c25-17-3-7-21(26)15(9-17)11-20-13-28-24(35-20)29-23(31)16(12-27)10-19-6-8-22(34-19)14-1-4-18(5-2-14)30(32)33/h1-10,13H,11H2,(H,28,29,31)/b16-10-. The van der Waals surface area contributed by atoms with Gasteiger partial charge in [-0.15, -0.1) is 11.3 Å². The molecule has 4 aromatic rings. The minimum Gasteiger partial charge on any atom is -0.457 e. The zero-order chi connectivity index (χ0) is 24.9. The Labute approximate surface area is 213 Å². The summed E-state index contributed by atoms with van der Waals surface area (Å²) in [5, 5.41) is 24.4. The van der Waals surface area contributed by atoms with Gasteiger partial charge in [-0.1, -0.05) is 23.2 Å². The molecule has 1 N–H and O–H groups in total. The summed E-state index contributed by atoms with van der Waals surface area (Å²) in [4.78, 5) is 28.0. The number of furan rings is 1. The number of nitriles is 1. The number of halogens is 2. The van der Waals surface area contributed by atoms with Crippen molar-refractivity contribution in [1.82, 2.24) is 4.98 Å². The largest absolute Gasteiger partial charge is 0.457 e. The average molecular weight is 525 g/mol. The maximum absolute atomic E-state index is 12.6. The second-order valence-electron chi connectivity index (χ2n) is 7.17. The monoisotopic (exact) mass is 524 g/mol. The van der Waals surface area contributed by atoms with E-state index in [1.165, 1.54) is 29.5 Å². The minimum atomic E-state index is -0.637. The number of hydrogen-bond donors (Lipinski definition) is 1. The highest BCUT2D eigenvalue weighted by atomic mass is 35.5. The number of nitrogens with one attached hydrogen (secondary N) is 1. The third-order valence-corrected chi connectivity index (χ3v) is 6.30. The van der Waals surface area contributed by atoms with Gasteiger partial charge in [0.05, 0.1) is 4.92 Å². The van der Waals surface area contributed by atoms with Crippen LogP contribution < -0.4 is 5.32 Å². The highest BCUT2D eigenvalue weighted by Crippen LogP contribution is 2.28. The smallest absolute Gasteiger partial charge is 0.269 e. The quantitative estimate of drug-likeness (QED) is 0.123. The van der Waals surface area contributed by atoms with Crippen molar-refractivity contribution in [2.24, 2.45) is 0 Å². The first-order valence-corrected chi connectivity index (χ1v) is 11.6. The zero-order valence-corrected chi connectivity index (χ0v) is 20.0. The maximum atomic E-state index is 12.6. The lowest BCUT2D eigenvalue weighted by Gasteiger charge is -2.02. The number of aromatic nitrogens is 1. The van der Waals surface area contributed by atoms with E-state index in [0.29, 0.717) is 32.9 Å². The van der Waals surface area contributed by atoms with E-state index in [0.717, 1.165) is 10.4 Å². The van der Waals surface area contributed by atoms with E-state index < -0.39 is 10.8 Å². The van der Waals surface area contributed by atoms with Crippen LogP contribution in [0.2, 0.25) is 10.0 Å². The second-order valence-corrected chi connectivity index (χ2v) is 9.13. The summed E-state index contributed by atoms with van der Waals surface area (Å²) in [6.07, 6.45) is 3.42. The Morgan fingerprint density at radius 3 is 2.69 bits per heavy atom. The van der Waals surface area contributed by atoms with Crippen LogP contribution in [0.25, 0.3) is 17.4 Å². The van der Waals surface area contributed by atoms with Gasteiger partial charge in [-0.25, -0.2) is 4.98 Å². The van der Waals surface area contributed by atoms with Crippen LogP contribution in [-0.2, 0) is 11.2 Å². The number of hydrogen-bond acceptors (Lipinski definition) is 7. The number of non-ortho nitro benzene ring substituents is 1. The van der Waals surface area contributed by atoms with E-state index in [4.69, 9.17) is 27.6 Å². The van der Waals surface area contributed by atoms with Crippen molar-refractivity contribution in [3.8, 4) is 17.4 Å². The molecule has 0 unspecified atom stereocenters. The second kappa shape index (κ2) is 10.5. The van der Waals surface area contributed by atoms with Gasteiger partial charge in [0.15, 0.2) is 5.13 Å². The van der Waals surface area contributed by atoms with Gasteiger partial charge in [-0.3, -0.25) is 20.2 Å². The molecule has 0 saturated heterocycles. The van der Waals surface area contributed by atoms with E-state index in [1.807, 2.05) is 6.07 Å². The topological polar surface area (TPSA) is 122 Å². The maximum Gasteiger partial charge on any atom is 0.269 e. The summed E-state index contributed by atoms with van der Waals surface area (Å²) in [7, 11) is 0. The molecule has 8 nitrogen and oxygen atoms in total. The van der Waals surface area contributed by atoms with Gasteiger partial charge in [0.2, 0.25) is 0 Å². The van der Waals surface area contributed by atoms with E-state index >= 15 is 0 Å². The highest BCUT2D eigenvalue weighted by Gasteiger charge is 2.15. The van der Waals surface area contributed by atoms with Crippen molar-refractivity contribution < 1.29 is 14.1 Å². The fraction of sp³-hybridized carbons (Fsp3) is 0.0417. The van der Waals surface area contributed by atoms with Crippen molar-refractivity contribution >= 4 is 57.3 Å². The number of carbonyl (C=O) groups excluding carboxylic acids is 1. The van der Waals surface area contributed by atoms with Crippen molar-refractivity contribution in [1.29, 1.82) is 5.26 Å². The molecular weight excluding hydrogens is 511 g/mol.